The summed E-state index contributed by atoms with van der Waals surface area (Å²) in [5.41, 5.74) is 1.07. The Morgan fingerprint density at radius 2 is 1.96 bits per heavy atom. The van der Waals surface area contributed by atoms with Crippen molar-refractivity contribution in [3.63, 3.8) is 0 Å². The number of rotatable bonds is 4. The summed E-state index contributed by atoms with van der Waals surface area (Å²) in [5, 5.41) is 3.02. The van der Waals surface area contributed by atoms with E-state index in [0.717, 1.165) is 6.41 Å². The maximum atomic E-state index is 13.2. The number of amides is 2. The molecule has 1 N–H and O–H groups in total. The van der Waals surface area contributed by atoms with Gasteiger partial charge in [-0.15, -0.1) is 0 Å². The summed E-state index contributed by atoms with van der Waals surface area (Å²) in [6.45, 7) is 2.08. The Labute approximate surface area is 149 Å². The van der Waals surface area contributed by atoms with Gasteiger partial charge in [0.2, 0.25) is 6.41 Å². The summed E-state index contributed by atoms with van der Waals surface area (Å²) in [5.74, 6) is -0.0878. The molecule has 0 saturated carbocycles. The number of carbonyl (C=O) groups excluding carboxylic acids is 2. The number of nitrogens with zero attached hydrogens (tertiary/aromatic N) is 3. The van der Waals surface area contributed by atoms with Gasteiger partial charge < -0.3 is 15.1 Å². The van der Waals surface area contributed by atoms with Crippen LogP contribution < -0.4 is 5.32 Å². The van der Waals surface area contributed by atoms with E-state index >= 15 is 0 Å². The van der Waals surface area contributed by atoms with E-state index in [1.54, 1.807) is 28.0 Å². The molecule has 25 heavy (non-hydrogen) atoms. The van der Waals surface area contributed by atoms with Crippen molar-refractivity contribution in [1.82, 2.24) is 14.8 Å². The van der Waals surface area contributed by atoms with E-state index in [1.165, 1.54) is 18.3 Å². The van der Waals surface area contributed by atoms with Gasteiger partial charge in [-0.25, -0.2) is 9.37 Å². The molecule has 1 aromatic carbocycles. The van der Waals surface area contributed by atoms with Crippen LogP contribution in [0.5, 0.6) is 0 Å². The molecule has 1 aliphatic heterocycles. The lowest BCUT2D eigenvalue weighted by Crippen LogP contribution is -2.48. The highest BCUT2D eigenvalue weighted by Crippen LogP contribution is 2.22. The first-order chi connectivity index (χ1) is 12.1. The Balaban J connectivity index is 1.64. The average Bonchev–Trinajstić information content (AvgIpc) is 2.65. The molecule has 3 rings (SSSR count). The molecule has 2 aromatic rings. The topological polar surface area (TPSA) is 65.5 Å². The number of benzene rings is 1. The first-order valence-electron chi connectivity index (χ1n) is 7.73. The molecule has 1 fully saturated rings. The zero-order chi connectivity index (χ0) is 17.8. The molecule has 1 aliphatic rings. The Bertz CT molecular complexity index is 777. The SMILES string of the molecule is O=CN1CCN(C(=O)c2ccc(Nc3ccc(F)c(Cl)c3)nc2)CC1. The highest BCUT2D eigenvalue weighted by atomic mass is 35.5. The second kappa shape index (κ2) is 7.48. The number of nitrogens with one attached hydrogen (secondary N) is 1. The molecular weight excluding hydrogens is 347 g/mol. The highest BCUT2D eigenvalue weighted by molar-refractivity contribution is 6.31. The maximum absolute atomic E-state index is 13.2. The van der Waals surface area contributed by atoms with Gasteiger partial charge in [-0.2, -0.15) is 0 Å². The Hall–Kier alpha value is -2.67. The van der Waals surface area contributed by atoms with E-state index in [4.69, 9.17) is 11.6 Å². The summed E-state index contributed by atoms with van der Waals surface area (Å²) < 4.78 is 13.2. The van der Waals surface area contributed by atoms with Crippen LogP contribution in [0.25, 0.3) is 0 Å². The lowest BCUT2D eigenvalue weighted by atomic mass is 10.2. The highest BCUT2D eigenvalue weighted by Gasteiger charge is 2.21. The van der Waals surface area contributed by atoms with Gasteiger partial charge >= 0.3 is 0 Å². The molecule has 0 unspecified atom stereocenters. The molecule has 0 bridgehead atoms. The van der Waals surface area contributed by atoms with Crippen molar-refractivity contribution < 1.29 is 14.0 Å². The zero-order valence-corrected chi connectivity index (χ0v) is 14.0. The van der Waals surface area contributed by atoms with E-state index in [2.05, 4.69) is 10.3 Å². The summed E-state index contributed by atoms with van der Waals surface area (Å²) in [7, 11) is 0. The second-order valence-corrected chi connectivity index (χ2v) is 6.03. The van der Waals surface area contributed by atoms with Gasteiger partial charge in [-0.05, 0) is 30.3 Å². The Morgan fingerprint density at radius 1 is 1.20 bits per heavy atom. The largest absolute Gasteiger partial charge is 0.342 e. The zero-order valence-electron chi connectivity index (χ0n) is 13.3. The van der Waals surface area contributed by atoms with Crippen molar-refractivity contribution in [3.8, 4) is 0 Å². The van der Waals surface area contributed by atoms with Crippen LogP contribution in [0.3, 0.4) is 0 Å². The lowest BCUT2D eigenvalue weighted by molar-refractivity contribution is -0.119. The molecule has 1 saturated heterocycles. The smallest absolute Gasteiger partial charge is 0.255 e. The molecule has 0 atom stereocenters. The predicted molar refractivity (Wildman–Crippen MR) is 92.5 cm³/mol. The Kier molecular flexibility index (Phi) is 5.14. The molecule has 0 aliphatic carbocycles. The minimum absolute atomic E-state index is 0.0197. The summed E-state index contributed by atoms with van der Waals surface area (Å²) in [4.78, 5) is 30.7. The number of anilines is 2. The fraction of sp³-hybridized carbons (Fsp3) is 0.235. The van der Waals surface area contributed by atoms with Crippen LogP contribution in [-0.2, 0) is 4.79 Å². The van der Waals surface area contributed by atoms with Gasteiger partial charge in [-0.3, -0.25) is 9.59 Å². The van der Waals surface area contributed by atoms with Crippen LogP contribution in [0.1, 0.15) is 10.4 Å². The van der Waals surface area contributed by atoms with Crippen LogP contribution >= 0.6 is 11.6 Å². The van der Waals surface area contributed by atoms with E-state index < -0.39 is 5.82 Å². The average molecular weight is 363 g/mol. The van der Waals surface area contributed by atoms with Crippen molar-refractivity contribution >= 4 is 35.4 Å². The van der Waals surface area contributed by atoms with Gasteiger partial charge in [-0.1, -0.05) is 11.6 Å². The number of hydrogen-bond donors (Lipinski definition) is 1. The number of hydrogen-bond acceptors (Lipinski definition) is 4. The predicted octanol–water partition coefficient (Wildman–Crippen LogP) is 2.53. The third-order valence-corrected chi connectivity index (χ3v) is 4.24. The molecule has 0 radical (unpaired) electrons. The summed E-state index contributed by atoms with van der Waals surface area (Å²) >= 11 is 5.74. The van der Waals surface area contributed by atoms with Crippen molar-refractivity contribution in [3.05, 3.63) is 52.9 Å². The minimum atomic E-state index is -0.490. The molecule has 1 aromatic heterocycles. The van der Waals surface area contributed by atoms with E-state index in [0.29, 0.717) is 43.2 Å². The molecule has 0 spiro atoms. The second-order valence-electron chi connectivity index (χ2n) is 5.62. The summed E-state index contributed by atoms with van der Waals surface area (Å²) in [6, 6.07) is 7.63. The van der Waals surface area contributed by atoms with E-state index in [1.807, 2.05) is 0 Å². The van der Waals surface area contributed by atoms with Crippen molar-refractivity contribution in [1.29, 1.82) is 0 Å². The van der Waals surface area contributed by atoms with E-state index in [9.17, 15) is 14.0 Å². The number of piperazine rings is 1. The molecule has 130 valence electrons. The quantitative estimate of drug-likeness (QED) is 0.849. The Morgan fingerprint density at radius 3 is 2.56 bits per heavy atom. The van der Waals surface area contributed by atoms with Gasteiger partial charge in [0, 0.05) is 38.1 Å². The fourth-order valence-electron chi connectivity index (χ4n) is 2.53. The molecule has 2 heterocycles. The number of carbonyl (C=O) groups is 2. The van der Waals surface area contributed by atoms with Crippen LogP contribution in [0.2, 0.25) is 5.02 Å². The van der Waals surface area contributed by atoms with Crippen LogP contribution in [0.4, 0.5) is 15.9 Å². The number of halogens is 2. The third-order valence-electron chi connectivity index (χ3n) is 3.95. The number of aromatic nitrogens is 1. The first kappa shape index (κ1) is 17.2. The van der Waals surface area contributed by atoms with Crippen LogP contribution in [0.15, 0.2) is 36.5 Å². The molecular formula is C17H16ClFN4O2. The van der Waals surface area contributed by atoms with Crippen molar-refractivity contribution in [2.75, 3.05) is 31.5 Å². The third kappa shape index (κ3) is 4.06. The standard InChI is InChI=1S/C17H16ClFN4O2/c18-14-9-13(2-3-15(14)19)21-16-4-1-12(10-20-16)17(25)23-7-5-22(11-24)6-8-23/h1-4,9-11H,5-8H2,(H,20,21). The van der Waals surface area contributed by atoms with Crippen LogP contribution in [-0.4, -0.2) is 53.3 Å². The van der Waals surface area contributed by atoms with Gasteiger partial charge in [0.25, 0.3) is 5.91 Å². The van der Waals surface area contributed by atoms with Gasteiger partial charge in [0.1, 0.15) is 11.6 Å². The van der Waals surface area contributed by atoms with Gasteiger partial charge in [0.05, 0.1) is 10.6 Å². The molecule has 2 amide bonds. The first-order valence-corrected chi connectivity index (χ1v) is 8.11. The molecule has 8 heteroatoms. The molecule has 6 nitrogen and oxygen atoms in total. The van der Waals surface area contributed by atoms with Crippen molar-refractivity contribution in [2.45, 2.75) is 0 Å². The number of pyridine rings is 1. The minimum Gasteiger partial charge on any atom is -0.342 e. The fourth-order valence-corrected chi connectivity index (χ4v) is 2.71. The van der Waals surface area contributed by atoms with Crippen LogP contribution in [0, 0.1) is 5.82 Å². The van der Waals surface area contributed by atoms with Gasteiger partial charge in [0.15, 0.2) is 0 Å². The maximum Gasteiger partial charge on any atom is 0.255 e. The summed E-state index contributed by atoms with van der Waals surface area (Å²) in [6.07, 6.45) is 2.29. The lowest BCUT2D eigenvalue weighted by Gasteiger charge is -2.32. The normalized spacial score (nSPS) is 14.3. The van der Waals surface area contributed by atoms with E-state index in [-0.39, 0.29) is 10.9 Å². The monoisotopic (exact) mass is 362 g/mol. The van der Waals surface area contributed by atoms with Crippen molar-refractivity contribution in [2.24, 2.45) is 0 Å².